The summed E-state index contributed by atoms with van der Waals surface area (Å²) < 4.78 is 0. The van der Waals surface area contributed by atoms with Crippen LogP contribution in [-0.2, 0) is 6.42 Å². The molecule has 1 heterocycles. The molecule has 0 unspecified atom stereocenters. The maximum atomic E-state index is 11.0. The van der Waals surface area contributed by atoms with Gasteiger partial charge in [0.15, 0.2) is 17.4 Å². The highest BCUT2D eigenvalue weighted by Crippen LogP contribution is 2.36. The molecule has 0 saturated heterocycles. The fourth-order valence-corrected chi connectivity index (χ4v) is 3.23. The molecule has 0 spiro atoms. The topological polar surface area (TPSA) is 108 Å². The Morgan fingerprint density at radius 3 is 2.19 bits per heavy atom. The summed E-state index contributed by atoms with van der Waals surface area (Å²) >= 11 is 0. The van der Waals surface area contributed by atoms with Crippen LogP contribution < -0.4 is 11.1 Å². The van der Waals surface area contributed by atoms with E-state index in [0.717, 1.165) is 17.5 Å². The second kappa shape index (κ2) is 8.67. The third-order valence-electron chi connectivity index (χ3n) is 5.01. The molecule has 6 nitrogen and oxygen atoms in total. The minimum Gasteiger partial charge on any atom is -0.503 e. The number of nitrogens with zero attached hydrogens (tertiary/aromatic N) is 2. The van der Waals surface area contributed by atoms with Crippen LogP contribution in [0.25, 0.3) is 22.6 Å². The predicted molar refractivity (Wildman–Crippen MR) is 125 cm³/mol. The van der Waals surface area contributed by atoms with E-state index in [1.165, 1.54) is 5.56 Å². The summed E-state index contributed by atoms with van der Waals surface area (Å²) in [6, 6.07) is 24.7. The van der Waals surface area contributed by atoms with E-state index in [0.29, 0.717) is 28.6 Å². The molecule has 0 radical (unpaired) electrons. The molecule has 0 saturated carbocycles. The molecule has 0 aliphatic carbocycles. The standard InChI is InChI=1S/C25H23N5O/c1-2-16-8-10-17(11-9-16)21-22(31)25(28-20-14-12-18(13-15-20)23(26)27)30-24(29-21)19-6-4-3-5-7-19/h3-15,31H,2H2,1H3,(H3,26,27)(H,28,29,30). The number of nitrogens with one attached hydrogen (secondary N) is 2. The number of aromatic hydroxyl groups is 1. The Bertz CT molecular complexity index is 1200. The van der Waals surface area contributed by atoms with Crippen LogP contribution in [0.5, 0.6) is 5.75 Å². The van der Waals surface area contributed by atoms with Gasteiger partial charge in [-0.3, -0.25) is 5.41 Å². The van der Waals surface area contributed by atoms with Crippen molar-refractivity contribution in [1.29, 1.82) is 5.41 Å². The molecule has 4 aromatic rings. The lowest BCUT2D eigenvalue weighted by atomic mass is 10.1. The van der Waals surface area contributed by atoms with E-state index < -0.39 is 0 Å². The Morgan fingerprint density at radius 1 is 0.903 bits per heavy atom. The van der Waals surface area contributed by atoms with Crippen molar-refractivity contribution >= 4 is 17.3 Å². The van der Waals surface area contributed by atoms with E-state index in [4.69, 9.17) is 11.1 Å². The van der Waals surface area contributed by atoms with Crippen molar-refractivity contribution in [3.63, 3.8) is 0 Å². The number of aryl methyl sites for hydroxylation is 1. The number of hydrogen-bond donors (Lipinski definition) is 4. The summed E-state index contributed by atoms with van der Waals surface area (Å²) in [7, 11) is 0. The molecular weight excluding hydrogens is 386 g/mol. The van der Waals surface area contributed by atoms with Gasteiger partial charge in [0.25, 0.3) is 0 Å². The predicted octanol–water partition coefficient (Wildman–Crippen LogP) is 5.11. The van der Waals surface area contributed by atoms with Crippen molar-refractivity contribution in [2.45, 2.75) is 13.3 Å². The SMILES string of the molecule is CCc1ccc(-c2nc(-c3ccccc3)nc(Nc3ccc(C(=N)N)cc3)c2O)cc1. The molecule has 0 atom stereocenters. The molecule has 4 rings (SSSR count). The molecule has 0 amide bonds. The number of anilines is 2. The Hall–Kier alpha value is -4.19. The molecule has 0 aliphatic heterocycles. The first-order chi connectivity index (χ1) is 15.0. The Labute approximate surface area is 181 Å². The Kier molecular flexibility index (Phi) is 5.62. The molecule has 154 valence electrons. The second-order valence-corrected chi connectivity index (χ2v) is 7.13. The average molecular weight is 409 g/mol. The number of aromatic nitrogens is 2. The lowest BCUT2D eigenvalue weighted by Gasteiger charge is -2.14. The maximum absolute atomic E-state index is 11.0. The van der Waals surface area contributed by atoms with Gasteiger partial charge in [-0.2, -0.15) is 0 Å². The lowest BCUT2D eigenvalue weighted by Crippen LogP contribution is -2.10. The van der Waals surface area contributed by atoms with Gasteiger partial charge in [-0.05, 0) is 36.2 Å². The largest absolute Gasteiger partial charge is 0.503 e. The first-order valence-electron chi connectivity index (χ1n) is 10.0. The van der Waals surface area contributed by atoms with Crippen molar-refractivity contribution < 1.29 is 5.11 Å². The summed E-state index contributed by atoms with van der Waals surface area (Å²) in [5, 5.41) is 21.7. The molecule has 0 aliphatic rings. The number of benzene rings is 3. The highest BCUT2D eigenvalue weighted by atomic mass is 16.3. The van der Waals surface area contributed by atoms with Crippen LogP contribution in [0.2, 0.25) is 0 Å². The molecule has 0 fully saturated rings. The van der Waals surface area contributed by atoms with Crippen LogP contribution in [0.3, 0.4) is 0 Å². The van der Waals surface area contributed by atoms with E-state index in [-0.39, 0.29) is 11.6 Å². The zero-order valence-corrected chi connectivity index (χ0v) is 17.1. The summed E-state index contributed by atoms with van der Waals surface area (Å²) in [4.78, 5) is 9.24. The van der Waals surface area contributed by atoms with Crippen LogP contribution in [0.4, 0.5) is 11.5 Å². The van der Waals surface area contributed by atoms with Gasteiger partial charge in [0, 0.05) is 22.4 Å². The number of nitrogens with two attached hydrogens (primary N) is 1. The number of amidine groups is 1. The van der Waals surface area contributed by atoms with E-state index in [1.54, 1.807) is 24.3 Å². The highest BCUT2D eigenvalue weighted by Gasteiger charge is 2.17. The van der Waals surface area contributed by atoms with Gasteiger partial charge in [0.2, 0.25) is 0 Å². The molecule has 5 N–H and O–H groups in total. The molecule has 6 heteroatoms. The fourth-order valence-electron chi connectivity index (χ4n) is 3.23. The molecule has 3 aromatic carbocycles. The van der Waals surface area contributed by atoms with Gasteiger partial charge >= 0.3 is 0 Å². The van der Waals surface area contributed by atoms with Gasteiger partial charge in [-0.1, -0.05) is 61.5 Å². The molecule has 31 heavy (non-hydrogen) atoms. The minimum atomic E-state index is -0.0282. The fraction of sp³-hybridized carbons (Fsp3) is 0.0800. The summed E-state index contributed by atoms with van der Waals surface area (Å²) in [6.45, 7) is 2.10. The molecule has 0 bridgehead atoms. The van der Waals surface area contributed by atoms with E-state index in [1.807, 2.05) is 54.6 Å². The number of nitrogen functional groups attached to an aromatic ring is 1. The normalized spacial score (nSPS) is 10.6. The average Bonchev–Trinajstić information content (AvgIpc) is 2.81. The van der Waals surface area contributed by atoms with E-state index >= 15 is 0 Å². The van der Waals surface area contributed by atoms with Crippen LogP contribution in [0.1, 0.15) is 18.1 Å². The minimum absolute atomic E-state index is 0.000564. The van der Waals surface area contributed by atoms with E-state index in [9.17, 15) is 5.11 Å². The quantitative estimate of drug-likeness (QED) is 0.262. The van der Waals surface area contributed by atoms with E-state index in [2.05, 4.69) is 22.2 Å². The van der Waals surface area contributed by atoms with Crippen LogP contribution in [0, 0.1) is 5.41 Å². The van der Waals surface area contributed by atoms with Crippen LogP contribution >= 0.6 is 0 Å². The summed E-state index contributed by atoms with van der Waals surface area (Å²) in [5.74, 6) is 0.787. The summed E-state index contributed by atoms with van der Waals surface area (Å²) in [5.41, 5.74) is 10.2. The molecule has 1 aromatic heterocycles. The van der Waals surface area contributed by atoms with Gasteiger partial charge in [-0.25, -0.2) is 9.97 Å². The van der Waals surface area contributed by atoms with Crippen molar-refractivity contribution in [3.05, 3.63) is 90.0 Å². The van der Waals surface area contributed by atoms with Crippen molar-refractivity contribution in [3.8, 4) is 28.4 Å². The zero-order chi connectivity index (χ0) is 21.8. The van der Waals surface area contributed by atoms with Crippen molar-refractivity contribution in [1.82, 2.24) is 9.97 Å². The zero-order valence-electron chi connectivity index (χ0n) is 17.1. The summed E-state index contributed by atoms with van der Waals surface area (Å²) in [6.07, 6.45) is 0.939. The molecular formula is C25H23N5O. The maximum Gasteiger partial charge on any atom is 0.185 e. The smallest absolute Gasteiger partial charge is 0.185 e. The third kappa shape index (κ3) is 4.38. The second-order valence-electron chi connectivity index (χ2n) is 7.13. The Morgan fingerprint density at radius 2 is 1.58 bits per heavy atom. The van der Waals surface area contributed by atoms with Gasteiger partial charge < -0.3 is 16.2 Å². The Balaban J connectivity index is 1.80. The van der Waals surface area contributed by atoms with Crippen LogP contribution in [0.15, 0.2) is 78.9 Å². The van der Waals surface area contributed by atoms with Gasteiger partial charge in [-0.15, -0.1) is 0 Å². The van der Waals surface area contributed by atoms with Crippen LogP contribution in [-0.4, -0.2) is 20.9 Å². The van der Waals surface area contributed by atoms with Gasteiger partial charge in [0.1, 0.15) is 11.5 Å². The van der Waals surface area contributed by atoms with Crippen molar-refractivity contribution in [2.24, 2.45) is 5.73 Å². The highest BCUT2D eigenvalue weighted by molar-refractivity contribution is 5.95. The first kappa shape index (κ1) is 20.1. The third-order valence-corrected chi connectivity index (χ3v) is 5.01. The first-order valence-corrected chi connectivity index (χ1v) is 10.0. The van der Waals surface area contributed by atoms with Crippen molar-refractivity contribution in [2.75, 3.05) is 5.32 Å². The van der Waals surface area contributed by atoms with Gasteiger partial charge in [0.05, 0.1) is 0 Å². The number of rotatable bonds is 6. The number of hydrogen-bond acceptors (Lipinski definition) is 5. The monoisotopic (exact) mass is 409 g/mol. The lowest BCUT2D eigenvalue weighted by molar-refractivity contribution is 0.475.